The first kappa shape index (κ1) is 25.1. The van der Waals surface area contributed by atoms with Gasteiger partial charge in [-0.15, -0.1) is 0 Å². The van der Waals surface area contributed by atoms with Crippen molar-refractivity contribution >= 4 is 40.6 Å². The summed E-state index contributed by atoms with van der Waals surface area (Å²) in [5, 5.41) is 17.5. The second-order valence-corrected chi connectivity index (χ2v) is 8.05. The van der Waals surface area contributed by atoms with Gasteiger partial charge in [0.05, 0.1) is 35.1 Å². The average Bonchev–Trinajstić information content (AvgIpc) is 2.94. The van der Waals surface area contributed by atoms with Crippen LogP contribution in [0.1, 0.15) is 35.3 Å². The number of hydrogen-bond acceptors (Lipinski definition) is 6. The highest BCUT2D eigenvalue weighted by atomic mass is 32.1. The maximum atomic E-state index is 14.7. The number of hydrogen-bond donors (Lipinski definition) is 1. The van der Waals surface area contributed by atoms with Crippen molar-refractivity contribution in [3.8, 4) is 6.07 Å². The molecular weight excluding hydrogens is 478 g/mol. The molecule has 0 spiro atoms. The molecule has 0 radical (unpaired) electrons. The second-order valence-electron chi connectivity index (χ2n) is 7.68. The largest absolute Gasteiger partial charge is 0.460 e. The SMILES string of the molecule is CC1(C)C(=O)N(c2ccc(C#N)c(C(F)(F)F)c2)C(=S)N1c1ccc(C(=O)OCCO)c(F)c1. The molecule has 1 amide bonds. The van der Waals surface area contributed by atoms with E-state index in [2.05, 4.69) is 4.74 Å². The Kier molecular flexibility index (Phi) is 6.64. The Morgan fingerprint density at radius 1 is 1.21 bits per heavy atom. The smallest absolute Gasteiger partial charge is 0.417 e. The van der Waals surface area contributed by atoms with Gasteiger partial charge in [0.1, 0.15) is 18.0 Å². The number of esters is 1. The molecule has 1 heterocycles. The number of amides is 1. The molecule has 12 heteroatoms. The molecule has 0 saturated carbocycles. The average molecular weight is 495 g/mol. The van der Waals surface area contributed by atoms with Crippen molar-refractivity contribution in [3.05, 3.63) is 58.9 Å². The molecule has 0 aromatic heterocycles. The lowest BCUT2D eigenvalue weighted by Crippen LogP contribution is -2.44. The van der Waals surface area contributed by atoms with Gasteiger partial charge in [-0.05, 0) is 62.5 Å². The van der Waals surface area contributed by atoms with Crippen molar-refractivity contribution in [1.29, 1.82) is 5.26 Å². The Hall–Kier alpha value is -3.56. The van der Waals surface area contributed by atoms with Gasteiger partial charge in [-0.25, -0.2) is 9.18 Å². The number of benzene rings is 2. The lowest BCUT2D eigenvalue weighted by molar-refractivity contribution is -0.137. The Bertz CT molecular complexity index is 1220. The van der Waals surface area contributed by atoms with E-state index in [1.54, 1.807) is 0 Å². The molecule has 34 heavy (non-hydrogen) atoms. The number of nitriles is 1. The number of thiocarbonyl (C=S) groups is 1. The topological polar surface area (TPSA) is 93.9 Å². The van der Waals surface area contributed by atoms with Gasteiger partial charge in [-0.1, -0.05) is 0 Å². The number of rotatable bonds is 5. The normalized spacial score (nSPS) is 15.5. The van der Waals surface area contributed by atoms with E-state index >= 15 is 0 Å². The Labute approximate surface area is 196 Å². The van der Waals surface area contributed by atoms with Crippen LogP contribution in [0, 0.1) is 17.1 Å². The number of ether oxygens (including phenoxy) is 1. The molecule has 1 N–H and O–H groups in total. The number of aliphatic hydroxyl groups is 1. The summed E-state index contributed by atoms with van der Waals surface area (Å²) < 4.78 is 59.6. The van der Waals surface area contributed by atoms with Gasteiger partial charge in [0.15, 0.2) is 5.11 Å². The van der Waals surface area contributed by atoms with Crippen LogP contribution in [0.5, 0.6) is 0 Å². The molecule has 1 saturated heterocycles. The van der Waals surface area contributed by atoms with E-state index in [1.165, 1.54) is 36.9 Å². The summed E-state index contributed by atoms with van der Waals surface area (Å²) in [5.74, 6) is -2.67. The molecule has 7 nitrogen and oxygen atoms in total. The van der Waals surface area contributed by atoms with Gasteiger partial charge >= 0.3 is 12.1 Å². The number of nitrogens with zero attached hydrogens (tertiary/aromatic N) is 3. The lowest BCUT2D eigenvalue weighted by Gasteiger charge is -2.29. The molecule has 0 unspecified atom stereocenters. The Morgan fingerprint density at radius 2 is 1.85 bits per heavy atom. The maximum Gasteiger partial charge on any atom is 0.417 e. The predicted octanol–water partition coefficient (Wildman–Crippen LogP) is 3.78. The van der Waals surface area contributed by atoms with E-state index in [-0.39, 0.29) is 23.1 Å². The molecule has 2 aromatic carbocycles. The fourth-order valence-corrected chi connectivity index (χ4v) is 4.01. The summed E-state index contributed by atoms with van der Waals surface area (Å²) in [4.78, 5) is 27.2. The number of carbonyl (C=O) groups is 2. The van der Waals surface area contributed by atoms with Gasteiger partial charge in [-0.3, -0.25) is 9.69 Å². The summed E-state index contributed by atoms with van der Waals surface area (Å²) in [6.07, 6.45) is -4.84. The van der Waals surface area contributed by atoms with E-state index in [1.807, 2.05) is 0 Å². The van der Waals surface area contributed by atoms with Gasteiger partial charge in [-0.2, -0.15) is 18.4 Å². The summed E-state index contributed by atoms with van der Waals surface area (Å²) in [6.45, 7) is 2.15. The molecule has 1 aliphatic rings. The van der Waals surface area contributed by atoms with Crippen LogP contribution in [-0.2, 0) is 15.7 Å². The lowest BCUT2D eigenvalue weighted by atomic mass is 10.0. The molecular formula is C22H17F4N3O4S. The zero-order chi connectivity index (χ0) is 25.4. The third-order valence-corrected chi connectivity index (χ3v) is 5.48. The first-order chi connectivity index (χ1) is 15.8. The van der Waals surface area contributed by atoms with Crippen molar-refractivity contribution in [2.24, 2.45) is 0 Å². The molecule has 1 fully saturated rings. The minimum absolute atomic E-state index is 0.0757. The number of aliphatic hydroxyl groups excluding tert-OH is 1. The van der Waals surface area contributed by atoms with Gasteiger partial charge in [0.25, 0.3) is 5.91 Å². The second kappa shape index (κ2) is 9.00. The monoisotopic (exact) mass is 495 g/mol. The molecule has 0 atom stereocenters. The zero-order valence-electron chi connectivity index (χ0n) is 17.8. The highest BCUT2D eigenvalue weighted by Gasteiger charge is 2.51. The van der Waals surface area contributed by atoms with Crippen LogP contribution in [-0.4, -0.2) is 40.8 Å². The summed E-state index contributed by atoms with van der Waals surface area (Å²) >= 11 is 5.38. The Balaban J connectivity index is 2.03. The minimum Gasteiger partial charge on any atom is -0.460 e. The molecule has 1 aliphatic heterocycles. The highest BCUT2D eigenvalue weighted by Crippen LogP contribution is 2.39. The van der Waals surface area contributed by atoms with Crippen molar-refractivity contribution in [2.45, 2.75) is 25.6 Å². The van der Waals surface area contributed by atoms with E-state index in [0.29, 0.717) is 6.07 Å². The van der Waals surface area contributed by atoms with Crippen molar-refractivity contribution in [1.82, 2.24) is 0 Å². The van der Waals surface area contributed by atoms with E-state index in [4.69, 9.17) is 22.6 Å². The van der Waals surface area contributed by atoms with Gasteiger partial charge in [0.2, 0.25) is 0 Å². The summed E-state index contributed by atoms with van der Waals surface area (Å²) in [5.41, 5.74) is -3.81. The number of anilines is 2. The van der Waals surface area contributed by atoms with Crippen LogP contribution in [0.25, 0.3) is 0 Å². The molecule has 3 rings (SSSR count). The van der Waals surface area contributed by atoms with Crippen LogP contribution in [0.4, 0.5) is 28.9 Å². The van der Waals surface area contributed by atoms with E-state index in [9.17, 15) is 27.2 Å². The predicted molar refractivity (Wildman–Crippen MR) is 117 cm³/mol. The first-order valence-electron chi connectivity index (χ1n) is 9.72. The van der Waals surface area contributed by atoms with Crippen molar-refractivity contribution in [3.63, 3.8) is 0 Å². The molecule has 178 valence electrons. The number of alkyl halides is 3. The third-order valence-electron chi connectivity index (χ3n) is 5.11. The highest BCUT2D eigenvalue weighted by molar-refractivity contribution is 7.81. The summed E-state index contributed by atoms with van der Waals surface area (Å²) in [6, 6.07) is 7.59. The molecule has 0 aliphatic carbocycles. The minimum atomic E-state index is -4.84. The van der Waals surface area contributed by atoms with E-state index < -0.39 is 52.7 Å². The quantitative estimate of drug-likeness (QED) is 0.383. The van der Waals surface area contributed by atoms with Gasteiger partial charge < -0.3 is 14.7 Å². The van der Waals surface area contributed by atoms with Crippen molar-refractivity contribution < 1.29 is 37.0 Å². The van der Waals surface area contributed by atoms with Crippen LogP contribution < -0.4 is 9.80 Å². The van der Waals surface area contributed by atoms with Crippen LogP contribution >= 0.6 is 12.2 Å². The molecule has 0 bridgehead atoms. The standard InChI is InChI=1S/C22H17F4N3O4S/c1-21(2)19(32)28(13-4-3-12(11-27)16(9-13)22(24,25)26)20(34)29(21)14-5-6-15(17(23)10-14)18(31)33-8-7-30/h3-6,9-10,30H,7-8H2,1-2H3. The first-order valence-corrected chi connectivity index (χ1v) is 10.1. The van der Waals surface area contributed by atoms with Crippen LogP contribution in [0.3, 0.4) is 0 Å². The van der Waals surface area contributed by atoms with Crippen LogP contribution in [0.2, 0.25) is 0 Å². The fourth-order valence-electron chi connectivity index (χ4n) is 3.48. The van der Waals surface area contributed by atoms with Gasteiger partial charge in [0, 0.05) is 5.69 Å². The third kappa shape index (κ3) is 4.32. The summed E-state index contributed by atoms with van der Waals surface area (Å²) in [7, 11) is 0. The number of halogens is 4. The maximum absolute atomic E-state index is 14.7. The molecule has 2 aromatic rings. The van der Waals surface area contributed by atoms with Crippen molar-refractivity contribution in [2.75, 3.05) is 23.0 Å². The Morgan fingerprint density at radius 3 is 2.41 bits per heavy atom. The zero-order valence-corrected chi connectivity index (χ0v) is 18.6. The van der Waals surface area contributed by atoms with Crippen LogP contribution in [0.15, 0.2) is 36.4 Å². The van der Waals surface area contributed by atoms with E-state index in [0.717, 1.165) is 23.1 Å². The number of carbonyl (C=O) groups excluding carboxylic acids is 2. The fraction of sp³-hybridized carbons (Fsp3) is 0.273.